The Labute approximate surface area is 205 Å². The Morgan fingerprint density at radius 2 is 2.21 bits per heavy atom. The first-order valence-electron chi connectivity index (χ1n) is 11.8. The van der Waals surface area contributed by atoms with Crippen LogP contribution >= 0.6 is 11.6 Å². The Bertz CT molecular complexity index is 1160. The fourth-order valence-electron chi connectivity index (χ4n) is 4.84. The van der Waals surface area contributed by atoms with E-state index in [0.29, 0.717) is 44.1 Å². The zero-order valence-electron chi connectivity index (χ0n) is 19.6. The van der Waals surface area contributed by atoms with Crippen LogP contribution in [0.3, 0.4) is 0 Å². The van der Waals surface area contributed by atoms with Gasteiger partial charge in [-0.05, 0) is 56.2 Å². The summed E-state index contributed by atoms with van der Waals surface area (Å²) in [6, 6.07) is 5.40. The molecule has 34 heavy (non-hydrogen) atoms. The van der Waals surface area contributed by atoms with E-state index in [4.69, 9.17) is 27.7 Å². The highest BCUT2D eigenvalue weighted by Crippen LogP contribution is 2.35. The lowest BCUT2D eigenvalue weighted by molar-refractivity contribution is 0.0416. The van der Waals surface area contributed by atoms with Crippen molar-refractivity contribution in [2.24, 2.45) is 5.92 Å². The number of halogens is 1. The number of hydrogen-bond donors (Lipinski definition) is 0. The Morgan fingerprint density at radius 3 is 2.94 bits per heavy atom. The number of ether oxygens (including phenoxy) is 1. The van der Waals surface area contributed by atoms with E-state index in [0.717, 1.165) is 52.9 Å². The monoisotopic (exact) mass is 479 g/mol. The SMILES string of the molecule is C#CCC1CCc2c(nc3cc(C(=O)N4CCN(C(=O)OCCC=C)[C@H](C)C4)ccc3c2Cl)C1. The highest BCUT2D eigenvalue weighted by atomic mass is 35.5. The highest BCUT2D eigenvalue weighted by Gasteiger charge is 2.31. The molecule has 1 aromatic carbocycles. The number of carbonyl (C=O) groups is 2. The van der Waals surface area contributed by atoms with E-state index < -0.39 is 0 Å². The van der Waals surface area contributed by atoms with E-state index in [1.54, 1.807) is 15.9 Å². The molecular weight excluding hydrogens is 450 g/mol. The van der Waals surface area contributed by atoms with Gasteiger partial charge in [0.1, 0.15) is 0 Å². The summed E-state index contributed by atoms with van der Waals surface area (Å²) in [7, 11) is 0. The van der Waals surface area contributed by atoms with E-state index in [9.17, 15) is 9.59 Å². The van der Waals surface area contributed by atoms with Crippen molar-refractivity contribution in [2.45, 2.75) is 45.1 Å². The Morgan fingerprint density at radius 1 is 1.38 bits per heavy atom. The van der Waals surface area contributed by atoms with Gasteiger partial charge < -0.3 is 14.5 Å². The number of nitrogens with zero attached hydrogens (tertiary/aromatic N) is 3. The second-order valence-corrected chi connectivity index (χ2v) is 9.46. The van der Waals surface area contributed by atoms with Gasteiger partial charge in [-0.3, -0.25) is 9.78 Å². The maximum atomic E-state index is 13.3. The summed E-state index contributed by atoms with van der Waals surface area (Å²) in [4.78, 5) is 33.9. The maximum absolute atomic E-state index is 13.3. The molecule has 0 saturated carbocycles. The molecule has 1 aromatic heterocycles. The molecular formula is C27H30ClN3O3. The summed E-state index contributed by atoms with van der Waals surface area (Å²) in [5.74, 6) is 3.11. The van der Waals surface area contributed by atoms with Gasteiger partial charge in [-0.25, -0.2) is 4.79 Å². The van der Waals surface area contributed by atoms with Crippen LogP contribution in [0.25, 0.3) is 10.9 Å². The van der Waals surface area contributed by atoms with Crippen molar-refractivity contribution < 1.29 is 14.3 Å². The molecule has 7 heteroatoms. The summed E-state index contributed by atoms with van der Waals surface area (Å²) >= 11 is 6.74. The first-order chi connectivity index (χ1) is 16.4. The fraction of sp³-hybridized carbons (Fsp3) is 0.444. The quantitative estimate of drug-likeness (QED) is 0.348. The van der Waals surface area contributed by atoms with E-state index in [1.165, 1.54) is 0 Å². The topological polar surface area (TPSA) is 62.7 Å². The highest BCUT2D eigenvalue weighted by molar-refractivity contribution is 6.36. The Balaban J connectivity index is 1.49. The second kappa shape index (κ2) is 10.5. The lowest BCUT2D eigenvalue weighted by Gasteiger charge is -2.39. The minimum atomic E-state index is -0.348. The molecule has 2 atom stereocenters. The van der Waals surface area contributed by atoms with Crippen LogP contribution in [0.4, 0.5) is 4.79 Å². The van der Waals surface area contributed by atoms with Gasteiger partial charge in [0.2, 0.25) is 0 Å². The number of pyridine rings is 1. The van der Waals surface area contributed by atoms with Crippen molar-refractivity contribution in [3.05, 3.63) is 52.7 Å². The Kier molecular flexibility index (Phi) is 7.43. The molecule has 1 aliphatic carbocycles. The maximum Gasteiger partial charge on any atom is 0.410 e. The molecule has 1 unspecified atom stereocenters. The molecule has 4 rings (SSSR count). The number of terminal acetylenes is 1. The number of amides is 2. The molecule has 1 fully saturated rings. The number of hydrogen-bond acceptors (Lipinski definition) is 4. The average Bonchev–Trinajstić information content (AvgIpc) is 2.83. The van der Waals surface area contributed by atoms with Crippen LogP contribution in [-0.4, -0.2) is 59.1 Å². The van der Waals surface area contributed by atoms with Crippen LogP contribution < -0.4 is 0 Å². The number of carbonyl (C=O) groups excluding carboxylic acids is 2. The smallest absolute Gasteiger partial charge is 0.410 e. The normalized spacial score (nSPS) is 19.9. The van der Waals surface area contributed by atoms with Crippen LogP contribution in [0.1, 0.15) is 47.8 Å². The number of benzene rings is 1. The number of fused-ring (bicyclic) bond motifs is 2. The molecule has 1 saturated heterocycles. The molecule has 1 aliphatic heterocycles. The van der Waals surface area contributed by atoms with Crippen molar-refractivity contribution in [2.75, 3.05) is 26.2 Å². The van der Waals surface area contributed by atoms with Crippen LogP contribution in [0.2, 0.25) is 5.02 Å². The molecule has 2 aliphatic rings. The number of rotatable bonds is 5. The summed E-state index contributed by atoms with van der Waals surface area (Å²) < 4.78 is 5.28. The van der Waals surface area contributed by atoms with Crippen molar-refractivity contribution >= 4 is 34.5 Å². The molecule has 0 radical (unpaired) electrons. The molecule has 178 valence electrons. The van der Waals surface area contributed by atoms with Gasteiger partial charge >= 0.3 is 6.09 Å². The van der Waals surface area contributed by atoms with Crippen LogP contribution in [0.5, 0.6) is 0 Å². The second-order valence-electron chi connectivity index (χ2n) is 9.09. The van der Waals surface area contributed by atoms with Gasteiger partial charge in [0.05, 0.1) is 17.1 Å². The Hall–Kier alpha value is -3.04. The first kappa shape index (κ1) is 24.1. The van der Waals surface area contributed by atoms with E-state index in [-0.39, 0.29) is 18.0 Å². The van der Waals surface area contributed by atoms with Gasteiger partial charge in [-0.15, -0.1) is 18.9 Å². The minimum absolute atomic E-state index is 0.0747. The predicted molar refractivity (Wildman–Crippen MR) is 134 cm³/mol. The number of piperazine rings is 1. The molecule has 2 heterocycles. The zero-order valence-corrected chi connectivity index (χ0v) is 20.3. The van der Waals surface area contributed by atoms with Gasteiger partial charge in [-0.1, -0.05) is 23.7 Å². The van der Waals surface area contributed by atoms with E-state index in [1.807, 2.05) is 25.1 Å². The van der Waals surface area contributed by atoms with E-state index in [2.05, 4.69) is 12.5 Å². The third-order valence-corrected chi connectivity index (χ3v) is 7.17. The average molecular weight is 480 g/mol. The molecule has 0 bridgehead atoms. The minimum Gasteiger partial charge on any atom is -0.449 e. The molecule has 2 amide bonds. The standard InChI is InChI=1S/C27H30ClN3O3/c1-4-6-14-34-27(33)31-13-12-30(17-18(31)3)26(32)20-9-11-22-24(16-20)29-23-15-19(7-5-2)8-10-21(23)25(22)28/h2,4,9,11,16,18-19H,1,6-8,10,12-15,17H2,3H3/t18-,19?/m1/s1. The van der Waals surface area contributed by atoms with Crippen molar-refractivity contribution in [1.29, 1.82) is 0 Å². The molecule has 0 spiro atoms. The molecule has 6 nitrogen and oxygen atoms in total. The summed E-state index contributed by atoms with van der Waals surface area (Å²) in [6.45, 7) is 7.19. The summed E-state index contributed by atoms with van der Waals surface area (Å²) in [6.07, 6.45) is 10.9. The predicted octanol–water partition coefficient (Wildman–Crippen LogP) is 4.88. The summed E-state index contributed by atoms with van der Waals surface area (Å²) in [5, 5.41) is 1.60. The third kappa shape index (κ3) is 4.90. The third-order valence-electron chi connectivity index (χ3n) is 6.74. The fourth-order valence-corrected chi connectivity index (χ4v) is 5.20. The lowest BCUT2D eigenvalue weighted by atomic mass is 9.84. The first-order valence-corrected chi connectivity index (χ1v) is 12.2. The molecule has 0 N–H and O–H groups in total. The van der Waals surface area contributed by atoms with Crippen molar-refractivity contribution in [1.82, 2.24) is 14.8 Å². The van der Waals surface area contributed by atoms with Crippen LogP contribution in [0.15, 0.2) is 30.9 Å². The largest absolute Gasteiger partial charge is 0.449 e. The van der Waals surface area contributed by atoms with Gasteiger partial charge in [0.25, 0.3) is 5.91 Å². The number of aromatic nitrogens is 1. The van der Waals surface area contributed by atoms with Crippen LogP contribution in [0, 0.1) is 18.3 Å². The zero-order chi connectivity index (χ0) is 24.2. The van der Waals surface area contributed by atoms with Crippen molar-refractivity contribution in [3.8, 4) is 12.3 Å². The lowest BCUT2D eigenvalue weighted by Crippen LogP contribution is -2.55. The molecule has 2 aromatic rings. The van der Waals surface area contributed by atoms with E-state index >= 15 is 0 Å². The van der Waals surface area contributed by atoms with Crippen molar-refractivity contribution in [3.63, 3.8) is 0 Å². The summed E-state index contributed by atoms with van der Waals surface area (Å²) in [5.41, 5.74) is 3.40. The van der Waals surface area contributed by atoms with Crippen LogP contribution in [-0.2, 0) is 17.6 Å². The van der Waals surface area contributed by atoms with Gasteiger partial charge in [-0.2, -0.15) is 0 Å². The van der Waals surface area contributed by atoms with Gasteiger partial charge in [0, 0.05) is 48.7 Å². The van der Waals surface area contributed by atoms with Gasteiger partial charge in [0.15, 0.2) is 0 Å².